The minimum atomic E-state index is 0.0396. The van der Waals surface area contributed by atoms with Gasteiger partial charge in [-0.3, -0.25) is 9.79 Å². The van der Waals surface area contributed by atoms with Crippen molar-refractivity contribution in [3.05, 3.63) is 11.8 Å². The number of amides is 1. The van der Waals surface area contributed by atoms with E-state index in [0.717, 1.165) is 25.8 Å². The Balaban J connectivity index is 2.23. The van der Waals surface area contributed by atoms with Crippen LogP contribution >= 0.6 is 0 Å². The van der Waals surface area contributed by atoms with Gasteiger partial charge in [0.05, 0.1) is 0 Å². The molecule has 1 amide bonds. The third-order valence-corrected chi connectivity index (χ3v) is 2.01. The molecule has 0 spiro atoms. The number of carbonyl (C=O) groups excluding carboxylic acids is 1. The van der Waals surface area contributed by atoms with Crippen LogP contribution in [0.25, 0.3) is 0 Å². The molecule has 72 valence electrons. The minimum Gasteiger partial charge on any atom is -0.356 e. The van der Waals surface area contributed by atoms with Gasteiger partial charge in [-0.1, -0.05) is 5.57 Å². The van der Waals surface area contributed by atoms with E-state index >= 15 is 0 Å². The summed E-state index contributed by atoms with van der Waals surface area (Å²) in [6, 6.07) is 0. The smallest absolute Gasteiger partial charge is 0.216 e. The summed E-state index contributed by atoms with van der Waals surface area (Å²) in [5.74, 6) is 0.0396. The lowest BCUT2D eigenvalue weighted by Gasteiger charge is -2.04. The number of hydrogen-bond donors (Lipinski definition) is 1. The molecule has 3 nitrogen and oxygen atoms in total. The predicted molar refractivity (Wildman–Crippen MR) is 53.7 cm³/mol. The second kappa shape index (κ2) is 5.51. The molecule has 0 saturated heterocycles. The van der Waals surface area contributed by atoms with Gasteiger partial charge in [-0.2, -0.15) is 0 Å². The van der Waals surface area contributed by atoms with Crippen LogP contribution < -0.4 is 5.32 Å². The van der Waals surface area contributed by atoms with Crippen LogP contribution in [0.5, 0.6) is 0 Å². The zero-order chi connectivity index (χ0) is 9.52. The van der Waals surface area contributed by atoms with Gasteiger partial charge < -0.3 is 5.32 Å². The fraction of sp³-hybridized carbons (Fsp3) is 0.600. The highest BCUT2D eigenvalue weighted by Gasteiger charge is 2.00. The molecule has 0 aromatic rings. The molecule has 0 aliphatic carbocycles. The van der Waals surface area contributed by atoms with Gasteiger partial charge in [-0.25, -0.2) is 0 Å². The summed E-state index contributed by atoms with van der Waals surface area (Å²) < 4.78 is 0. The van der Waals surface area contributed by atoms with Crippen LogP contribution in [0.2, 0.25) is 0 Å². The molecule has 0 fully saturated rings. The van der Waals surface area contributed by atoms with E-state index in [0.29, 0.717) is 0 Å². The fourth-order valence-corrected chi connectivity index (χ4v) is 1.31. The SMILES string of the molecule is CC(=O)NCCC1=CN=CCCC1. The first-order valence-electron chi connectivity index (χ1n) is 4.73. The van der Waals surface area contributed by atoms with Crippen molar-refractivity contribution in [3.63, 3.8) is 0 Å². The van der Waals surface area contributed by atoms with Crippen LogP contribution in [0, 0.1) is 0 Å². The van der Waals surface area contributed by atoms with Gasteiger partial charge in [0, 0.05) is 25.9 Å². The topological polar surface area (TPSA) is 41.5 Å². The Morgan fingerprint density at radius 1 is 1.69 bits per heavy atom. The van der Waals surface area contributed by atoms with Gasteiger partial charge >= 0.3 is 0 Å². The summed E-state index contributed by atoms with van der Waals surface area (Å²) >= 11 is 0. The van der Waals surface area contributed by atoms with Crippen molar-refractivity contribution in [2.75, 3.05) is 6.54 Å². The van der Waals surface area contributed by atoms with Gasteiger partial charge in [0.15, 0.2) is 0 Å². The lowest BCUT2D eigenvalue weighted by atomic mass is 10.1. The molecule has 0 aromatic carbocycles. The quantitative estimate of drug-likeness (QED) is 0.705. The van der Waals surface area contributed by atoms with Crippen molar-refractivity contribution in [2.24, 2.45) is 4.99 Å². The first-order chi connectivity index (χ1) is 6.29. The van der Waals surface area contributed by atoms with Crippen molar-refractivity contribution >= 4 is 12.1 Å². The third kappa shape index (κ3) is 4.45. The molecule has 0 unspecified atom stereocenters. The summed E-state index contributed by atoms with van der Waals surface area (Å²) in [5, 5.41) is 2.78. The number of nitrogens with one attached hydrogen (secondary N) is 1. The second-order valence-electron chi connectivity index (χ2n) is 3.24. The molecule has 0 radical (unpaired) electrons. The Morgan fingerprint density at radius 3 is 3.31 bits per heavy atom. The molecule has 0 bridgehead atoms. The highest BCUT2D eigenvalue weighted by atomic mass is 16.1. The van der Waals surface area contributed by atoms with E-state index in [2.05, 4.69) is 10.3 Å². The van der Waals surface area contributed by atoms with Crippen molar-refractivity contribution < 1.29 is 4.79 Å². The van der Waals surface area contributed by atoms with Crippen LogP contribution in [-0.4, -0.2) is 18.7 Å². The van der Waals surface area contributed by atoms with Gasteiger partial charge in [0.2, 0.25) is 5.91 Å². The molecule has 1 N–H and O–H groups in total. The summed E-state index contributed by atoms with van der Waals surface area (Å²) in [6.07, 6.45) is 8.16. The lowest BCUT2D eigenvalue weighted by molar-refractivity contribution is -0.118. The maximum atomic E-state index is 10.6. The number of aliphatic imine (C=N–C) groups is 1. The summed E-state index contributed by atoms with van der Waals surface area (Å²) in [5.41, 5.74) is 1.34. The number of hydrogen-bond acceptors (Lipinski definition) is 2. The minimum absolute atomic E-state index is 0.0396. The Bertz CT molecular complexity index is 231. The maximum Gasteiger partial charge on any atom is 0.216 e. The Hall–Kier alpha value is -1.12. The Labute approximate surface area is 78.9 Å². The number of rotatable bonds is 3. The number of carbonyl (C=O) groups is 1. The van der Waals surface area contributed by atoms with Gasteiger partial charge in [0.25, 0.3) is 0 Å². The van der Waals surface area contributed by atoms with Crippen LogP contribution in [0.4, 0.5) is 0 Å². The van der Waals surface area contributed by atoms with Crippen LogP contribution in [-0.2, 0) is 4.79 Å². The van der Waals surface area contributed by atoms with Gasteiger partial charge in [-0.15, -0.1) is 0 Å². The van der Waals surface area contributed by atoms with E-state index in [9.17, 15) is 4.79 Å². The highest BCUT2D eigenvalue weighted by molar-refractivity contribution is 5.72. The molecule has 1 aliphatic rings. The third-order valence-electron chi connectivity index (χ3n) is 2.01. The Kier molecular flexibility index (Phi) is 4.23. The summed E-state index contributed by atoms with van der Waals surface area (Å²) in [4.78, 5) is 14.7. The normalized spacial score (nSPS) is 16.2. The Morgan fingerprint density at radius 2 is 2.54 bits per heavy atom. The van der Waals surface area contributed by atoms with Crippen molar-refractivity contribution in [1.29, 1.82) is 0 Å². The highest BCUT2D eigenvalue weighted by Crippen LogP contribution is 2.13. The van der Waals surface area contributed by atoms with Crippen molar-refractivity contribution in [1.82, 2.24) is 5.32 Å². The van der Waals surface area contributed by atoms with Crippen LogP contribution in [0.1, 0.15) is 32.6 Å². The molecule has 1 rings (SSSR count). The van der Waals surface area contributed by atoms with E-state index in [-0.39, 0.29) is 5.91 Å². The molecule has 1 aliphatic heterocycles. The first-order valence-corrected chi connectivity index (χ1v) is 4.73. The van der Waals surface area contributed by atoms with Crippen LogP contribution in [0.3, 0.4) is 0 Å². The molecular formula is C10H16N2O. The van der Waals surface area contributed by atoms with Gasteiger partial charge in [0.1, 0.15) is 0 Å². The fourth-order valence-electron chi connectivity index (χ4n) is 1.31. The molecule has 1 heterocycles. The molecular weight excluding hydrogens is 164 g/mol. The maximum absolute atomic E-state index is 10.6. The molecule has 0 saturated carbocycles. The van der Waals surface area contributed by atoms with E-state index < -0.39 is 0 Å². The molecule has 3 heteroatoms. The number of nitrogens with zero attached hydrogens (tertiary/aromatic N) is 1. The monoisotopic (exact) mass is 180 g/mol. The second-order valence-corrected chi connectivity index (χ2v) is 3.24. The standard InChI is InChI=1S/C10H16N2O/c1-9(13)12-7-5-10-4-2-3-6-11-8-10/h6,8H,2-5,7H2,1H3,(H,12,13). The average Bonchev–Trinajstić information content (AvgIpc) is 2.32. The van der Waals surface area contributed by atoms with E-state index in [1.165, 1.54) is 12.0 Å². The van der Waals surface area contributed by atoms with Gasteiger partial charge in [-0.05, 0) is 25.7 Å². The average molecular weight is 180 g/mol. The van der Waals surface area contributed by atoms with Crippen molar-refractivity contribution in [3.8, 4) is 0 Å². The summed E-state index contributed by atoms with van der Waals surface area (Å²) in [6.45, 7) is 2.27. The molecule has 13 heavy (non-hydrogen) atoms. The zero-order valence-corrected chi connectivity index (χ0v) is 8.05. The van der Waals surface area contributed by atoms with E-state index in [4.69, 9.17) is 0 Å². The van der Waals surface area contributed by atoms with Crippen molar-refractivity contribution in [2.45, 2.75) is 32.6 Å². The van der Waals surface area contributed by atoms with E-state index in [1.807, 2.05) is 12.4 Å². The largest absolute Gasteiger partial charge is 0.356 e. The summed E-state index contributed by atoms with van der Waals surface area (Å²) in [7, 11) is 0. The first kappa shape index (κ1) is 9.96. The predicted octanol–water partition coefficient (Wildman–Crippen LogP) is 1.65. The zero-order valence-electron chi connectivity index (χ0n) is 8.05. The molecule has 0 atom stereocenters. The molecule has 0 aromatic heterocycles. The van der Waals surface area contributed by atoms with E-state index in [1.54, 1.807) is 6.92 Å². The lowest BCUT2D eigenvalue weighted by Crippen LogP contribution is -2.21. The van der Waals surface area contributed by atoms with Crippen LogP contribution in [0.15, 0.2) is 16.8 Å².